The van der Waals surface area contributed by atoms with Gasteiger partial charge >= 0.3 is 0 Å². The number of aromatic nitrogens is 1. The van der Waals surface area contributed by atoms with Crippen LogP contribution in [0, 0.1) is 5.82 Å². The van der Waals surface area contributed by atoms with Crippen LogP contribution in [0.5, 0.6) is 0 Å². The maximum atomic E-state index is 12.8. The lowest BCUT2D eigenvalue weighted by atomic mass is 10.1. The number of nitrogens with one attached hydrogen (secondary N) is 2. The van der Waals surface area contributed by atoms with Gasteiger partial charge in [-0.25, -0.2) is 9.82 Å². The Balaban J connectivity index is 1.62. The van der Waals surface area contributed by atoms with E-state index >= 15 is 0 Å². The molecule has 0 saturated carbocycles. The number of amides is 1. The highest BCUT2D eigenvalue weighted by atomic mass is 19.1. The number of H-pyrrole nitrogens is 1. The molecule has 5 heteroatoms. The Kier molecular flexibility index (Phi) is 3.96. The molecule has 22 heavy (non-hydrogen) atoms. The van der Waals surface area contributed by atoms with Gasteiger partial charge in [0, 0.05) is 17.1 Å². The van der Waals surface area contributed by atoms with Crippen molar-refractivity contribution in [3.05, 3.63) is 71.7 Å². The Morgan fingerprint density at radius 3 is 2.77 bits per heavy atom. The fourth-order valence-electron chi connectivity index (χ4n) is 2.22. The first-order valence-electron chi connectivity index (χ1n) is 6.85. The van der Waals surface area contributed by atoms with Gasteiger partial charge in [0.1, 0.15) is 5.82 Å². The van der Waals surface area contributed by atoms with Gasteiger partial charge in [-0.3, -0.25) is 4.79 Å². The van der Waals surface area contributed by atoms with Crippen molar-refractivity contribution in [2.45, 2.75) is 6.42 Å². The molecule has 1 aromatic heterocycles. The van der Waals surface area contributed by atoms with E-state index in [1.807, 2.05) is 30.5 Å². The van der Waals surface area contributed by atoms with Gasteiger partial charge < -0.3 is 4.98 Å². The van der Waals surface area contributed by atoms with Crippen LogP contribution in [-0.2, 0) is 11.2 Å². The minimum absolute atomic E-state index is 0.205. The van der Waals surface area contributed by atoms with Crippen LogP contribution in [-0.4, -0.2) is 17.1 Å². The predicted molar refractivity (Wildman–Crippen MR) is 84.1 cm³/mol. The van der Waals surface area contributed by atoms with Crippen LogP contribution in [0.2, 0.25) is 0 Å². The van der Waals surface area contributed by atoms with Gasteiger partial charge in [-0.1, -0.05) is 30.3 Å². The molecular formula is C17H14FN3O. The molecule has 0 fully saturated rings. The van der Waals surface area contributed by atoms with E-state index in [1.165, 1.54) is 18.3 Å². The van der Waals surface area contributed by atoms with Crippen LogP contribution in [0.15, 0.2) is 59.8 Å². The molecule has 3 rings (SSSR count). The van der Waals surface area contributed by atoms with Crippen molar-refractivity contribution in [1.29, 1.82) is 0 Å². The molecule has 0 aliphatic heterocycles. The van der Waals surface area contributed by atoms with Crippen molar-refractivity contribution in [2.75, 3.05) is 0 Å². The van der Waals surface area contributed by atoms with Crippen LogP contribution in [0.3, 0.4) is 0 Å². The Hall–Kier alpha value is -2.95. The Morgan fingerprint density at radius 2 is 1.95 bits per heavy atom. The molecule has 0 saturated heterocycles. The summed E-state index contributed by atoms with van der Waals surface area (Å²) in [5, 5.41) is 4.90. The fraction of sp³-hybridized carbons (Fsp3) is 0.0588. The van der Waals surface area contributed by atoms with Gasteiger partial charge in [-0.2, -0.15) is 5.10 Å². The van der Waals surface area contributed by atoms with Gasteiger partial charge in [-0.05, 0) is 29.3 Å². The zero-order chi connectivity index (χ0) is 15.4. The molecule has 0 bridgehead atoms. The highest BCUT2D eigenvalue weighted by molar-refractivity contribution is 5.89. The summed E-state index contributed by atoms with van der Waals surface area (Å²) < 4.78 is 12.8. The average molecular weight is 295 g/mol. The highest BCUT2D eigenvalue weighted by Gasteiger charge is 2.07. The van der Waals surface area contributed by atoms with Crippen LogP contribution in [0.4, 0.5) is 4.39 Å². The van der Waals surface area contributed by atoms with Crippen LogP contribution in [0.1, 0.15) is 11.1 Å². The number of rotatable bonds is 4. The van der Waals surface area contributed by atoms with E-state index in [0.29, 0.717) is 5.56 Å². The summed E-state index contributed by atoms with van der Waals surface area (Å²) in [5.41, 5.74) is 5.11. The third-order valence-electron chi connectivity index (χ3n) is 3.30. The molecule has 0 radical (unpaired) electrons. The number of hydrogen-bond acceptors (Lipinski definition) is 2. The first-order valence-corrected chi connectivity index (χ1v) is 6.85. The second kappa shape index (κ2) is 6.22. The fourth-order valence-corrected chi connectivity index (χ4v) is 2.22. The number of nitrogens with zero attached hydrogens (tertiary/aromatic N) is 1. The zero-order valence-corrected chi connectivity index (χ0v) is 11.7. The first-order chi connectivity index (χ1) is 10.7. The van der Waals surface area contributed by atoms with Crippen molar-refractivity contribution in [2.24, 2.45) is 5.10 Å². The van der Waals surface area contributed by atoms with Crippen molar-refractivity contribution in [3.8, 4) is 0 Å². The van der Waals surface area contributed by atoms with Crippen molar-refractivity contribution >= 4 is 23.0 Å². The molecule has 1 amide bonds. The zero-order valence-electron chi connectivity index (χ0n) is 11.7. The monoisotopic (exact) mass is 295 g/mol. The van der Waals surface area contributed by atoms with E-state index in [4.69, 9.17) is 0 Å². The standard InChI is InChI=1S/C17H14FN3O/c18-14-7-5-12(6-8-14)10-20-21-17(22)9-13-11-19-16-4-2-1-3-15(13)16/h1-8,10-11,19H,9H2,(H,21,22)/b20-10-. The molecule has 110 valence electrons. The molecule has 1 heterocycles. The summed E-state index contributed by atoms with van der Waals surface area (Å²) in [4.78, 5) is 15.0. The number of carbonyl (C=O) groups is 1. The van der Waals surface area contributed by atoms with E-state index in [9.17, 15) is 9.18 Å². The third kappa shape index (κ3) is 3.20. The highest BCUT2D eigenvalue weighted by Crippen LogP contribution is 2.17. The molecule has 0 unspecified atom stereocenters. The average Bonchev–Trinajstić information content (AvgIpc) is 2.93. The van der Waals surface area contributed by atoms with Gasteiger partial charge in [0.15, 0.2) is 0 Å². The predicted octanol–water partition coefficient (Wildman–Crippen LogP) is 3.00. The van der Waals surface area contributed by atoms with Gasteiger partial charge in [0.2, 0.25) is 5.91 Å². The van der Waals surface area contributed by atoms with Crippen molar-refractivity contribution in [1.82, 2.24) is 10.4 Å². The molecule has 0 aliphatic carbocycles. The van der Waals surface area contributed by atoms with Crippen LogP contribution >= 0.6 is 0 Å². The third-order valence-corrected chi connectivity index (χ3v) is 3.30. The minimum atomic E-state index is -0.305. The lowest BCUT2D eigenvalue weighted by molar-refractivity contribution is -0.120. The number of benzene rings is 2. The summed E-state index contributed by atoms with van der Waals surface area (Å²) in [6.07, 6.45) is 3.55. The lowest BCUT2D eigenvalue weighted by Crippen LogP contribution is -2.19. The van der Waals surface area contributed by atoms with E-state index < -0.39 is 0 Å². The SMILES string of the molecule is O=C(Cc1c[nH]c2ccccc12)N/N=C\c1ccc(F)cc1. The maximum Gasteiger partial charge on any atom is 0.244 e. The topological polar surface area (TPSA) is 57.2 Å². The lowest BCUT2D eigenvalue weighted by Gasteiger charge is -1.99. The quantitative estimate of drug-likeness (QED) is 0.564. The summed E-state index contributed by atoms with van der Waals surface area (Å²) in [7, 11) is 0. The smallest absolute Gasteiger partial charge is 0.244 e. The van der Waals surface area contributed by atoms with E-state index in [2.05, 4.69) is 15.5 Å². The summed E-state index contributed by atoms with van der Waals surface area (Å²) in [5.74, 6) is -0.511. The number of para-hydroxylation sites is 1. The molecule has 2 aromatic carbocycles. The number of hydrogen-bond donors (Lipinski definition) is 2. The molecule has 2 N–H and O–H groups in total. The molecule has 0 spiro atoms. The number of hydrazone groups is 1. The van der Waals surface area contributed by atoms with Crippen molar-refractivity contribution in [3.63, 3.8) is 0 Å². The van der Waals surface area contributed by atoms with E-state index in [1.54, 1.807) is 12.1 Å². The first kappa shape index (κ1) is 14.0. The normalized spacial score (nSPS) is 11.1. The minimum Gasteiger partial charge on any atom is -0.361 e. The number of fused-ring (bicyclic) bond motifs is 1. The summed E-state index contributed by atoms with van der Waals surface area (Å²) in [6.45, 7) is 0. The largest absolute Gasteiger partial charge is 0.361 e. The number of carbonyl (C=O) groups excluding carboxylic acids is 1. The second-order valence-corrected chi connectivity index (χ2v) is 4.88. The summed E-state index contributed by atoms with van der Waals surface area (Å²) in [6, 6.07) is 13.7. The Morgan fingerprint density at radius 1 is 1.18 bits per heavy atom. The Bertz CT molecular complexity index is 821. The molecule has 3 aromatic rings. The van der Waals surface area contributed by atoms with Gasteiger partial charge in [0.05, 0.1) is 12.6 Å². The number of halogens is 1. The van der Waals surface area contributed by atoms with Gasteiger partial charge in [-0.15, -0.1) is 0 Å². The van der Waals surface area contributed by atoms with E-state index in [-0.39, 0.29) is 18.1 Å². The van der Waals surface area contributed by atoms with E-state index in [0.717, 1.165) is 16.5 Å². The molecule has 4 nitrogen and oxygen atoms in total. The Labute approximate surface area is 126 Å². The van der Waals surface area contributed by atoms with Crippen LogP contribution in [0.25, 0.3) is 10.9 Å². The van der Waals surface area contributed by atoms with Gasteiger partial charge in [0.25, 0.3) is 0 Å². The van der Waals surface area contributed by atoms with Crippen molar-refractivity contribution < 1.29 is 9.18 Å². The molecule has 0 atom stereocenters. The number of aromatic amines is 1. The molecular weight excluding hydrogens is 281 g/mol. The maximum absolute atomic E-state index is 12.8. The summed E-state index contributed by atoms with van der Waals surface area (Å²) >= 11 is 0. The second-order valence-electron chi connectivity index (χ2n) is 4.88. The molecule has 0 aliphatic rings. The van der Waals surface area contributed by atoms with Crippen LogP contribution < -0.4 is 5.43 Å².